The summed E-state index contributed by atoms with van der Waals surface area (Å²) in [5.41, 5.74) is 0.901. The number of imidazole rings is 1. The molecule has 1 fully saturated rings. The fourth-order valence-electron chi connectivity index (χ4n) is 2.07. The first-order valence-electron chi connectivity index (χ1n) is 5.50. The Kier molecular flexibility index (Phi) is 3.04. The monoisotopic (exact) mass is 207 g/mol. The van der Waals surface area contributed by atoms with Gasteiger partial charge in [-0.1, -0.05) is 6.92 Å². The number of nitrogens with zero attached hydrogens (tertiary/aromatic N) is 2. The lowest BCUT2D eigenvalue weighted by Gasteiger charge is -2.30. The quantitative estimate of drug-likeness (QED) is 0.792. The number of amides is 1. The van der Waals surface area contributed by atoms with Crippen molar-refractivity contribution in [3.05, 3.63) is 18.2 Å². The minimum atomic E-state index is 0.214. The number of hydrogen-bond acceptors (Lipinski definition) is 2. The second-order valence-electron chi connectivity index (χ2n) is 4.34. The van der Waals surface area contributed by atoms with Crippen molar-refractivity contribution in [1.82, 2.24) is 14.9 Å². The number of piperidine rings is 1. The highest BCUT2D eigenvalue weighted by atomic mass is 16.2. The summed E-state index contributed by atoms with van der Waals surface area (Å²) in [7, 11) is 0. The van der Waals surface area contributed by atoms with Crippen molar-refractivity contribution < 1.29 is 4.79 Å². The van der Waals surface area contributed by atoms with Crippen LogP contribution in [0.4, 0.5) is 0 Å². The molecule has 0 aliphatic carbocycles. The maximum absolute atomic E-state index is 11.9. The first-order valence-corrected chi connectivity index (χ1v) is 5.50. The largest absolute Gasteiger partial charge is 0.348 e. The number of aromatic nitrogens is 2. The molecule has 1 unspecified atom stereocenters. The Morgan fingerprint density at radius 1 is 1.73 bits per heavy atom. The van der Waals surface area contributed by atoms with E-state index in [0.29, 0.717) is 12.3 Å². The van der Waals surface area contributed by atoms with Gasteiger partial charge in [0.1, 0.15) is 0 Å². The van der Waals surface area contributed by atoms with E-state index in [1.807, 2.05) is 4.90 Å². The second-order valence-corrected chi connectivity index (χ2v) is 4.34. The van der Waals surface area contributed by atoms with Gasteiger partial charge in [0.25, 0.3) is 0 Å². The maximum atomic E-state index is 11.9. The minimum Gasteiger partial charge on any atom is -0.348 e. The third-order valence-electron chi connectivity index (χ3n) is 2.91. The van der Waals surface area contributed by atoms with E-state index < -0.39 is 0 Å². The lowest BCUT2D eigenvalue weighted by molar-refractivity contribution is -0.132. The van der Waals surface area contributed by atoms with Gasteiger partial charge in [-0.25, -0.2) is 4.98 Å². The Morgan fingerprint density at radius 2 is 2.60 bits per heavy atom. The molecule has 82 valence electrons. The summed E-state index contributed by atoms with van der Waals surface area (Å²) in [6.07, 6.45) is 6.16. The standard InChI is InChI=1S/C11H17N3O/c1-9-3-2-4-14(7-9)11(15)5-10-6-12-8-13-10/h6,8-9H,2-5,7H2,1H3,(H,12,13). The molecule has 1 saturated heterocycles. The molecule has 1 amide bonds. The first-order chi connectivity index (χ1) is 7.25. The number of nitrogens with one attached hydrogen (secondary N) is 1. The highest BCUT2D eigenvalue weighted by molar-refractivity contribution is 5.78. The molecule has 2 heterocycles. The fraction of sp³-hybridized carbons (Fsp3) is 0.636. The number of carbonyl (C=O) groups excluding carboxylic acids is 1. The van der Waals surface area contributed by atoms with Crippen LogP contribution in [-0.2, 0) is 11.2 Å². The van der Waals surface area contributed by atoms with Crippen LogP contribution in [0.3, 0.4) is 0 Å². The van der Waals surface area contributed by atoms with Crippen molar-refractivity contribution in [3.63, 3.8) is 0 Å². The van der Waals surface area contributed by atoms with Crippen LogP contribution in [0.25, 0.3) is 0 Å². The zero-order valence-electron chi connectivity index (χ0n) is 9.07. The Balaban J connectivity index is 1.90. The van der Waals surface area contributed by atoms with Gasteiger partial charge in [0, 0.05) is 25.0 Å². The van der Waals surface area contributed by atoms with Crippen molar-refractivity contribution in [2.24, 2.45) is 5.92 Å². The SMILES string of the molecule is CC1CCCN(C(=O)Cc2cnc[nH]2)C1. The third kappa shape index (κ3) is 2.58. The molecule has 1 aliphatic rings. The molecule has 0 bridgehead atoms. The number of likely N-dealkylation sites (tertiary alicyclic amines) is 1. The highest BCUT2D eigenvalue weighted by Crippen LogP contribution is 2.16. The average Bonchev–Trinajstić information content (AvgIpc) is 2.70. The molecule has 4 heteroatoms. The zero-order chi connectivity index (χ0) is 10.7. The van der Waals surface area contributed by atoms with Crippen LogP contribution >= 0.6 is 0 Å². The topological polar surface area (TPSA) is 49.0 Å². The number of rotatable bonds is 2. The normalized spacial score (nSPS) is 21.7. The van der Waals surface area contributed by atoms with Crippen LogP contribution in [0.1, 0.15) is 25.5 Å². The molecule has 1 atom stereocenters. The number of aromatic amines is 1. The van der Waals surface area contributed by atoms with Gasteiger partial charge in [-0.15, -0.1) is 0 Å². The Morgan fingerprint density at radius 3 is 3.27 bits per heavy atom. The molecule has 4 nitrogen and oxygen atoms in total. The molecule has 15 heavy (non-hydrogen) atoms. The summed E-state index contributed by atoms with van der Waals surface area (Å²) in [5.74, 6) is 0.857. The van der Waals surface area contributed by atoms with Crippen molar-refractivity contribution >= 4 is 5.91 Å². The molecular formula is C11H17N3O. The average molecular weight is 207 g/mol. The van der Waals surface area contributed by atoms with Crippen molar-refractivity contribution in [2.75, 3.05) is 13.1 Å². The lowest BCUT2D eigenvalue weighted by atomic mass is 10.00. The highest BCUT2D eigenvalue weighted by Gasteiger charge is 2.20. The van der Waals surface area contributed by atoms with Gasteiger partial charge >= 0.3 is 0 Å². The molecule has 0 aromatic carbocycles. The zero-order valence-corrected chi connectivity index (χ0v) is 9.07. The molecule has 1 aliphatic heterocycles. The van der Waals surface area contributed by atoms with Crippen molar-refractivity contribution in [3.8, 4) is 0 Å². The van der Waals surface area contributed by atoms with E-state index in [-0.39, 0.29) is 5.91 Å². The van der Waals surface area contributed by atoms with Gasteiger partial charge in [0.2, 0.25) is 5.91 Å². The Labute approximate surface area is 89.7 Å². The second kappa shape index (κ2) is 4.47. The third-order valence-corrected chi connectivity index (χ3v) is 2.91. The van der Waals surface area contributed by atoms with Crippen LogP contribution in [0.15, 0.2) is 12.5 Å². The molecule has 0 radical (unpaired) electrons. The maximum Gasteiger partial charge on any atom is 0.228 e. The Bertz CT molecular complexity index is 321. The molecule has 1 N–H and O–H groups in total. The van der Waals surface area contributed by atoms with Crippen LogP contribution in [0.2, 0.25) is 0 Å². The van der Waals surface area contributed by atoms with E-state index in [4.69, 9.17) is 0 Å². The van der Waals surface area contributed by atoms with Crippen LogP contribution in [0.5, 0.6) is 0 Å². The van der Waals surface area contributed by atoms with Gasteiger partial charge in [0.15, 0.2) is 0 Å². The van der Waals surface area contributed by atoms with E-state index in [1.54, 1.807) is 12.5 Å². The molecule has 1 aromatic rings. The Hall–Kier alpha value is -1.32. The van der Waals surface area contributed by atoms with E-state index in [2.05, 4.69) is 16.9 Å². The van der Waals surface area contributed by atoms with Crippen molar-refractivity contribution in [2.45, 2.75) is 26.2 Å². The van der Waals surface area contributed by atoms with Crippen molar-refractivity contribution in [1.29, 1.82) is 0 Å². The van der Waals surface area contributed by atoms with E-state index >= 15 is 0 Å². The lowest BCUT2D eigenvalue weighted by Crippen LogP contribution is -2.39. The summed E-state index contributed by atoms with van der Waals surface area (Å²) < 4.78 is 0. The molecule has 1 aromatic heterocycles. The predicted octanol–water partition coefficient (Wildman–Crippen LogP) is 1.21. The molecule has 0 saturated carbocycles. The molecular weight excluding hydrogens is 190 g/mol. The number of H-pyrrole nitrogens is 1. The fourth-order valence-corrected chi connectivity index (χ4v) is 2.07. The molecule has 0 spiro atoms. The smallest absolute Gasteiger partial charge is 0.228 e. The first kappa shape index (κ1) is 10.2. The summed E-state index contributed by atoms with van der Waals surface area (Å²) in [4.78, 5) is 20.7. The van der Waals surface area contributed by atoms with Gasteiger partial charge in [-0.05, 0) is 18.8 Å². The predicted molar refractivity (Wildman–Crippen MR) is 57.3 cm³/mol. The summed E-state index contributed by atoms with van der Waals surface area (Å²) in [6, 6.07) is 0. The van der Waals surface area contributed by atoms with Gasteiger partial charge in [-0.2, -0.15) is 0 Å². The van der Waals surface area contributed by atoms with E-state index in [0.717, 1.165) is 25.2 Å². The van der Waals surface area contributed by atoms with Gasteiger partial charge in [-0.3, -0.25) is 4.79 Å². The van der Waals surface area contributed by atoms with Crippen LogP contribution in [0, 0.1) is 5.92 Å². The molecule has 2 rings (SSSR count). The minimum absolute atomic E-state index is 0.214. The summed E-state index contributed by atoms with van der Waals surface area (Å²) >= 11 is 0. The van der Waals surface area contributed by atoms with Crippen LogP contribution in [-0.4, -0.2) is 33.9 Å². The number of hydrogen-bond donors (Lipinski definition) is 1. The van der Waals surface area contributed by atoms with E-state index in [1.165, 1.54) is 6.42 Å². The summed E-state index contributed by atoms with van der Waals surface area (Å²) in [6.45, 7) is 4.03. The number of carbonyl (C=O) groups is 1. The summed E-state index contributed by atoms with van der Waals surface area (Å²) in [5, 5.41) is 0. The van der Waals surface area contributed by atoms with Gasteiger partial charge < -0.3 is 9.88 Å². The van der Waals surface area contributed by atoms with Crippen LogP contribution < -0.4 is 0 Å². The van der Waals surface area contributed by atoms with E-state index in [9.17, 15) is 4.79 Å². The van der Waals surface area contributed by atoms with Gasteiger partial charge in [0.05, 0.1) is 12.7 Å².